The fourth-order valence-corrected chi connectivity index (χ4v) is 1.04. The summed E-state index contributed by atoms with van der Waals surface area (Å²) in [6.45, 7) is 0.415. The first-order valence-electron chi connectivity index (χ1n) is 4.54. The monoisotopic (exact) mass is 210 g/mol. The Bertz CT molecular complexity index is 213. The number of nitrogens with one attached hydrogen (secondary N) is 1. The smallest absolute Gasteiger partial charge is 0.335 e. The Morgan fingerprint density at radius 2 is 2.07 bits per heavy atom. The van der Waals surface area contributed by atoms with Gasteiger partial charge >= 0.3 is 12.2 Å². The Kier molecular flexibility index (Phi) is 3.23. The molecule has 0 saturated heterocycles. The Balaban J connectivity index is 2.39. The van der Waals surface area contributed by atoms with E-state index >= 15 is 0 Å². The van der Waals surface area contributed by atoms with Gasteiger partial charge < -0.3 is 10.2 Å². The SMILES string of the molecule is CCN(CC(F)(F)F)C(=O)NC1CC1. The molecule has 0 aromatic carbocycles. The average Bonchev–Trinajstić information content (AvgIpc) is 2.82. The van der Waals surface area contributed by atoms with Crippen LogP contribution in [-0.4, -0.2) is 36.2 Å². The number of carbonyl (C=O) groups is 1. The van der Waals surface area contributed by atoms with E-state index < -0.39 is 18.8 Å². The van der Waals surface area contributed by atoms with Crippen LogP contribution in [0.5, 0.6) is 0 Å². The van der Waals surface area contributed by atoms with Gasteiger partial charge in [-0.05, 0) is 19.8 Å². The van der Waals surface area contributed by atoms with Crippen LogP contribution >= 0.6 is 0 Å². The highest BCUT2D eigenvalue weighted by Crippen LogP contribution is 2.20. The fraction of sp³-hybridized carbons (Fsp3) is 0.875. The van der Waals surface area contributed by atoms with Crippen molar-refractivity contribution in [2.45, 2.75) is 32.0 Å². The number of rotatable bonds is 3. The maximum absolute atomic E-state index is 12.0. The molecule has 3 nitrogen and oxygen atoms in total. The number of hydrogen-bond acceptors (Lipinski definition) is 1. The minimum atomic E-state index is -4.32. The van der Waals surface area contributed by atoms with Crippen LogP contribution < -0.4 is 5.32 Å². The predicted octanol–water partition coefficient (Wildman–Crippen LogP) is 1.74. The van der Waals surface area contributed by atoms with Crippen LogP contribution in [0, 0.1) is 0 Å². The van der Waals surface area contributed by atoms with Gasteiger partial charge in [0.1, 0.15) is 6.54 Å². The van der Waals surface area contributed by atoms with Crippen LogP contribution in [0.15, 0.2) is 0 Å². The van der Waals surface area contributed by atoms with E-state index in [4.69, 9.17) is 0 Å². The first-order chi connectivity index (χ1) is 6.42. The van der Waals surface area contributed by atoms with E-state index in [0.29, 0.717) is 0 Å². The zero-order valence-corrected chi connectivity index (χ0v) is 7.90. The molecule has 1 aliphatic rings. The third kappa shape index (κ3) is 3.85. The van der Waals surface area contributed by atoms with Gasteiger partial charge in [0.25, 0.3) is 0 Å². The van der Waals surface area contributed by atoms with E-state index in [0.717, 1.165) is 17.7 Å². The number of alkyl halides is 3. The quantitative estimate of drug-likeness (QED) is 0.756. The summed E-state index contributed by atoms with van der Waals surface area (Å²) < 4.78 is 36.0. The molecule has 0 atom stereocenters. The molecule has 1 N–H and O–H groups in total. The second-order valence-electron chi connectivity index (χ2n) is 3.35. The van der Waals surface area contributed by atoms with Crippen molar-refractivity contribution in [3.63, 3.8) is 0 Å². The van der Waals surface area contributed by atoms with Crippen molar-refractivity contribution in [1.82, 2.24) is 10.2 Å². The van der Waals surface area contributed by atoms with Crippen LogP contribution in [0.3, 0.4) is 0 Å². The van der Waals surface area contributed by atoms with Crippen molar-refractivity contribution in [1.29, 1.82) is 0 Å². The highest BCUT2D eigenvalue weighted by Gasteiger charge is 2.33. The minimum absolute atomic E-state index is 0.0675. The molecule has 0 aliphatic heterocycles. The lowest BCUT2D eigenvalue weighted by Gasteiger charge is -2.22. The molecule has 0 heterocycles. The second-order valence-corrected chi connectivity index (χ2v) is 3.35. The number of amides is 2. The topological polar surface area (TPSA) is 32.3 Å². The van der Waals surface area contributed by atoms with Crippen LogP contribution in [0.1, 0.15) is 19.8 Å². The predicted molar refractivity (Wildman–Crippen MR) is 44.9 cm³/mol. The van der Waals surface area contributed by atoms with Crippen LogP contribution in [0.25, 0.3) is 0 Å². The standard InChI is InChI=1S/C8H13F3N2O/c1-2-13(5-8(9,10)11)7(14)12-6-3-4-6/h6H,2-5H2,1H3,(H,12,14). The number of halogens is 3. The average molecular weight is 210 g/mol. The summed E-state index contributed by atoms with van der Waals surface area (Å²) in [5.41, 5.74) is 0. The Hall–Kier alpha value is -0.940. The highest BCUT2D eigenvalue weighted by atomic mass is 19.4. The van der Waals surface area contributed by atoms with Gasteiger partial charge in [0.05, 0.1) is 0 Å². The van der Waals surface area contributed by atoms with E-state index in [2.05, 4.69) is 5.32 Å². The Labute approximate surface area is 80.3 Å². The molecular weight excluding hydrogens is 197 g/mol. The molecule has 2 amide bonds. The third-order valence-corrected chi connectivity index (χ3v) is 1.94. The van der Waals surface area contributed by atoms with E-state index in [1.165, 1.54) is 6.92 Å². The van der Waals surface area contributed by atoms with Gasteiger partial charge in [-0.25, -0.2) is 4.79 Å². The summed E-state index contributed by atoms with van der Waals surface area (Å²) >= 11 is 0. The third-order valence-electron chi connectivity index (χ3n) is 1.94. The lowest BCUT2D eigenvalue weighted by molar-refractivity contribution is -0.139. The number of urea groups is 1. The molecule has 1 rings (SSSR count). The first kappa shape index (κ1) is 11.1. The van der Waals surface area contributed by atoms with E-state index in [9.17, 15) is 18.0 Å². The maximum atomic E-state index is 12.0. The van der Waals surface area contributed by atoms with Gasteiger partial charge in [-0.1, -0.05) is 0 Å². The van der Waals surface area contributed by atoms with E-state index in [1.807, 2.05) is 0 Å². The molecule has 6 heteroatoms. The summed E-state index contributed by atoms with van der Waals surface area (Å²) in [4.78, 5) is 12.0. The molecule has 0 aromatic heterocycles. The van der Waals surface area contributed by atoms with Crippen molar-refractivity contribution >= 4 is 6.03 Å². The highest BCUT2D eigenvalue weighted by molar-refractivity contribution is 5.74. The summed E-state index contributed by atoms with van der Waals surface area (Å²) in [6, 6.07) is -0.530. The molecule has 1 aliphatic carbocycles. The van der Waals surface area contributed by atoms with E-state index in [-0.39, 0.29) is 12.6 Å². The van der Waals surface area contributed by atoms with Crippen LogP contribution in [-0.2, 0) is 0 Å². The van der Waals surface area contributed by atoms with Gasteiger partial charge in [-0.15, -0.1) is 0 Å². The van der Waals surface area contributed by atoms with Gasteiger partial charge in [0.15, 0.2) is 0 Å². The van der Waals surface area contributed by atoms with Gasteiger partial charge in [-0.3, -0.25) is 0 Å². The van der Waals surface area contributed by atoms with Gasteiger partial charge in [-0.2, -0.15) is 13.2 Å². The zero-order valence-electron chi connectivity index (χ0n) is 7.90. The molecule has 0 radical (unpaired) electrons. The molecular formula is C8H13F3N2O. The molecule has 0 unspecified atom stereocenters. The van der Waals surface area contributed by atoms with Crippen LogP contribution in [0.2, 0.25) is 0 Å². The normalized spacial score (nSPS) is 16.6. The molecule has 1 saturated carbocycles. The number of hydrogen-bond donors (Lipinski definition) is 1. The summed E-state index contributed by atoms with van der Waals surface area (Å²) in [7, 11) is 0. The Morgan fingerprint density at radius 3 is 2.43 bits per heavy atom. The Morgan fingerprint density at radius 1 is 1.50 bits per heavy atom. The van der Waals surface area contributed by atoms with Crippen molar-refractivity contribution in [3.05, 3.63) is 0 Å². The summed E-state index contributed by atoms with van der Waals surface area (Å²) in [5.74, 6) is 0. The first-order valence-corrected chi connectivity index (χ1v) is 4.54. The van der Waals surface area contributed by atoms with Crippen molar-refractivity contribution in [3.8, 4) is 0 Å². The largest absolute Gasteiger partial charge is 0.406 e. The summed E-state index contributed by atoms with van der Waals surface area (Å²) in [5, 5.41) is 2.51. The lowest BCUT2D eigenvalue weighted by Crippen LogP contribution is -2.45. The van der Waals surface area contributed by atoms with Crippen molar-refractivity contribution in [2.75, 3.05) is 13.1 Å². The van der Waals surface area contributed by atoms with Crippen molar-refractivity contribution in [2.24, 2.45) is 0 Å². The summed E-state index contributed by atoms with van der Waals surface area (Å²) in [6.07, 6.45) is -2.58. The molecule has 0 bridgehead atoms. The molecule has 82 valence electrons. The van der Waals surface area contributed by atoms with Crippen LogP contribution in [0.4, 0.5) is 18.0 Å². The zero-order chi connectivity index (χ0) is 10.8. The lowest BCUT2D eigenvalue weighted by atomic mass is 10.5. The number of nitrogens with zero attached hydrogens (tertiary/aromatic N) is 1. The molecule has 1 fully saturated rings. The minimum Gasteiger partial charge on any atom is -0.335 e. The second kappa shape index (κ2) is 4.06. The number of carbonyl (C=O) groups excluding carboxylic acids is 1. The molecule has 0 aromatic rings. The van der Waals surface area contributed by atoms with Crippen molar-refractivity contribution < 1.29 is 18.0 Å². The van der Waals surface area contributed by atoms with E-state index in [1.54, 1.807) is 0 Å². The molecule has 0 spiro atoms. The fourth-order valence-electron chi connectivity index (χ4n) is 1.04. The maximum Gasteiger partial charge on any atom is 0.406 e. The van der Waals surface area contributed by atoms with Gasteiger partial charge in [0, 0.05) is 12.6 Å². The molecule has 14 heavy (non-hydrogen) atoms. The van der Waals surface area contributed by atoms with Gasteiger partial charge in [0.2, 0.25) is 0 Å².